The van der Waals surface area contributed by atoms with Gasteiger partial charge in [-0.05, 0) is 23.8 Å². The van der Waals surface area contributed by atoms with E-state index in [2.05, 4.69) is 0 Å². The van der Waals surface area contributed by atoms with Gasteiger partial charge in [0.15, 0.2) is 11.5 Å². The van der Waals surface area contributed by atoms with Crippen molar-refractivity contribution >= 4 is 11.6 Å². The molecule has 82 valence electrons. The van der Waals surface area contributed by atoms with E-state index in [1.54, 1.807) is 24.3 Å². The quantitative estimate of drug-likeness (QED) is 0.527. The number of halogens is 1. The van der Waals surface area contributed by atoms with Crippen LogP contribution >= 0.6 is 11.6 Å². The van der Waals surface area contributed by atoms with Crippen molar-refractivity contribution in [2.75, 3.05) is 0 Å². The molecule has 16 heavy (non-hydrogen) atoms. The monoisotopic (exact) mass is 236 g/mol. The van der Waals surface area contributed by atoms with Gasteiger partial charge in [0.2, 0.25) is 0 Å². The van der Waals surface area contributed by atoms with Crippen LogP contribution in [-0.2, 0) is 0 Å². The van der Waals surface area contributed by atoms with Crippen LogP contribution in [0, 0.1) is 0 Å². The van der Waals surface area contributed by atoms with E-state index < -0.39 is 0 Å². The zero-order valence-electron chi connectivity index (χ0n) is 8.18. The van der Waals surface area contributed by atoms with Crippen molar-refractivity contribution in [3.8, 4) is 28.4 Å². The molecule has 0 aliphatic heterocycles. The number of aromatic hydroxyl groups is 3. The average molecular weight is 237 g/mol. The third-order valence-electron chi connectivity index (χ3n) is 2.25. The Morgan fingerprint density at radius 2 is 1.31 bits per heavy atom. The summed E-state index contributed by atoms with van der Waals surface area (Å²) in [5.74, 6) is -0.726. The first-order valence-electron chi connectivity index (χ1n) is 4.59. The summed E-state index contributed by atoms with van der Waals surface area (Å²) in [5, 5.41) is 28.8. The molecule has 0 saturated carbocycles. The molecule has 0 radical (unpaired) electrons. The minimum absolute atomic E-state index is 0.0994. The second-order valence-electron chi connectivity index (χ2n) is 3.36. The lowest BCUT2D eigenvalue weighted by Gasteiger charge is -2.07. The van der Waals surface area contributed by atoms with Crippen LogP contribution < -0.4 is 0 Å². The normalized spacial score (nSPS) is 10.3. The summed E-state index contributed by atoms with van der Waals surface area (Å²) < 4.78 is 0. The Bertz CT molecular complexity index is 521. The second kappa shape index (κ2) is 3.94. The second-order valence-corrected chi connectivity index (χ2v) is 3.80. The van der Waals surface area contributed by atoms with Crippen molar-refractivity contribution in [1.29, 1.82) is 0 Å². The highest BCUT2D eigenvalue weighted by atomic mass is 35.5. The highest BCUT2D eigenvalue weighted by Gasteiger charge is 2.09. The lowest BCUT2D eigenvalue weighted by molar-refractivity contribution is 0.397. The number of hydrogen-bond acceptors (Lipinski definition) is 3. The van der Waals surface area contributed by atoms with Crippen LogP contribution in [0.1, 0.15) is 0 Å². The van der Waals surface area contributed by atoms with Gasteiger partial charge >= 0.3 is 0 Å². The van der Waals surface area contributed by atoms with Crippen molar-refractivity contribution in [2.24, 2.45) is 0 Å². The summed E-state index contributed by atoms with van der Waals surface area (Å²) in [6.45, 7) is 0. The van der Waals surface area contributed by atoms with Crippen LogP contribution in [0.25, 0.3) is 11.1 Å². The van der Waals surface area contributed by atoms with Gasteiger partial charge in [-0.25, -0.2) is 0 Å². The number of phenolic OH excluding ortho intramolecular Hbond substituents is 3. The lowest BCUT2D eigenvalue weighted by atomic mass is 10.0. The molecule has 2 rings (SSSR count). The molecule has 0 unspecified atom stereocenters. The summed E-state index contributed by atoms with van der Waals surface area (Å²) >= 11 is 5.74. The molecule has 0 aromatic heterocycles. The largest absolute Gasteiger partial charge is 0.507 e. The molecule has 2 aromatic carbocycles. The third-order valence-corrected chi connectivity index (χ3v) is 2.50. The van der Waals surface area contributed by atoms with E-state index in [9.17, 15) is 15.3 Å². The Morgan fingerprint density at radius 3 is 1.94 bits per heavy atom. The Morgan fingerprint density at radius 1 is 0.750 bits per heavy atom. The number of hydrogen-bond donors (Lipinski definition) is 3. The summed E-state index contributed by atoms with van der Waals surface area (Å²) in [6, 6.07) is 9.19. The topological polar surface area (TPSA) is 60.7 Å². The molecule has 0 saturated heterocycles. The van der Waals surface area contributed by atoms with E-state index in [0.717, 1.165) is 6.07 Å². The Labute approximate surface area is 97.2 Å². The maximum atomic E-state index is 9.63. The molecule has 0 spiro atoms. The van der Waals surface area contributed by atoms with Gasteiger partial charge in [0.05, 0.1) is 0 Å². The molecule has 0 heterocycles. The molecule has 2 aromatic rings. The van der Waals surface area contributed by atoms with Crippen molar-refractivity contribution in [3.05, 3.63) is 41.4 Å². The van der Waals surface area contributed by atoms with E-state index >= 15 is 0 Å². The first-order chi connectivity index (χ1) is 7.58. The van der Waals surface area contributed by atoms with Gasteiger partial charge in [0.1, 0.15) is 5.75 Å². The van der Waals surface area contributed by atoms with E-state index in [-0.39, 0.29) is 17.2 Å². The van der Waals surface area contributed by atoms with E-state index in [0.29, 0.717) is 16.1 Å². The first kappa shape index (κ1) is 10.6. The number of rotatable bonds is 1. The maximum absolute atomic E-state index is 9.63. The van der Waals surface area contributed by atoms with Crippen molar-refractivity contribution in [3.63, 3.8) is 0 Å². The van der Waals surface area contributed by atoms with Gasteiger partial charge in [-0.2, -0.15) is 0 Å². The summed E-state index contributed by atoms with van der Waals surface area (Å²) in [6.07, 6.45) is 0. The van der Waals surface area contributed by atoms with Gasteiger partial charge in [0.25, 0.3) is 0 Å². The van der Waals surface area contributed by atoms with Crippen LogP contribution in [-0.4, -0.2) is 15.3 Å². The standard InChI is InChI=1S/C12H9ClO3/c13-8-3-1-7(2-4-8)9-5-11(15)12(16)6-10(9)14/h1-6,14-16H. The smallest absolute Gasteiger partial charge is 0.161 e. The predicted molar refractivity (Wildman–Crippen MR) is 61.9 cm³/mol. The number of benzene rings is 2. The molecule has 0 aliphatic carbocycles. The molecule has 0 atom stereocenters. The number of phenols is 3. The van der Waals surface area contributed by atoms with Crippen LogP contribution in [0.4, 0.5) is 0 Å². The van der Waals surface area contributed by atoms with Crippen LogP contribution in [0.2, 0.25) is 5.02 Å². The van der Waals surface area contributed by atoms with E-state index in [1.165, 1.54) is 6.07 Å². The fraction of sp³-hybridized carbons (Fsp3) is 0. The molecule has 3 nitrogen and oxygen atoms in total. The van der Waals surface area contributed by atoms with Crippen LogP contribution in [0.5, 0.6) is 17.2 Å². The zero-order valence-corrected chi connectivity index (χ0v) is 8.94. The Hall–Kier alpha value is -1.87. The predicted octanol–water partition coefficient (Wildman–Crippen LogP) is 3.12. The van der Waals surface area contributed by atoms with Crippen molar-refractivity contribution < 1.29 is 15.3 Å². The van der Waals surface area contributed by atoms with Gasteiger partial charge in [-0.1, -0.05) is 23.7 Å². The molecule has 0 aliphatic rings. The fourth-order valence-electron chi connectivity index (χ4n) is 1.43. The summed E-state index contributed by atoms with van der Waals surface area (Å²) in [7, 11) is 0. The zero-order chi connectivity index (χ0) is 11.7. The minimum atomic E-state index is -0.352. The highest BCUT2D eigenvalue weighted by Crippen LogP contribution is 2.38. The average Bonchev–Trinajstić information content (AvgIpc) is 2.25. The van der Waals surface area contributed by atoms with Crippen molar-refractivity contribution in [1.82, 2.24) is 0 Å². The Kier molecular flexibility index (Phi) is 2.62. The molecular formula is C12H9ClO3. The maximum Gasteiger partial charge on any atom is 0.161 e. The Balaban J connectivity index is 2.56. The molecule has 0 bridgehead atoms. The van der Waals surface area contributed by atoms with Gasteiger partial charge in [-0.3, -0.25) is 0 Å². The SMILES string of the molecule is Oc1cc(O)c(-c2ccc(Cl)cc2)cc1O. The van der Waals surface area contributed by atoms with Gasteiger partial charge in [-0.15, -0.1) is 0 Å². The third kappa shape index (κ3) is 1.90. The van der Waals surface area contributed by atoms with Crippen LogP contribution in [0.3, 0.4) is 0 Å². The van der Waals surface area contributed by atoms with Gasteiger partial charge in [0, 0.05) is 16.7 Å². The fourth-order valence-corrected chi connectivity index (χ4v) is 1.55. The van der Waals surface area contributed by atoms with Gasteiger partial charge < -0.3 is 15.3 Å². The molecule has 3 N–H and O–H groups in total. The first-order valence-corrected chi connectivity index (χ1v) is 4.96. The highest BCUT2D eigenvalue weighted by molar-refractivity contribution is 6.30. The van der Waals surface area contributed by atoms with Crippen LogP contribution in [0.15, 0.2) is 36.4 Å². The summed E-state index contributed by atoms with van der Waals surface area (Å²) in [5.41, 5.74) is 1.14. The minimum Gasteiger partial charge on any atom is -0.507 e. The van der Waals surface area contributed by atoms with E-state index in [1.807, 2.05) is 0 Å². The molecule has 0 fully saturated rings. The molecule has 0 amide bonds. The lowest BCUT2D eigenvalue weighted by Crippen LogP contribution is -1.80. The van der Waals surface area contributed by atoms with E-state index in [4.69, 9.17) is 11.6 Å². The van der Waals surface area contributed by atoms with Crippen molar-refractivity contribution in [2.45, 2.75) is 0 Å². The molecular weight excluding hydrogens is 228 g/mol. The molecule has 4 heteroatoms. The summed E-state index contributed by atoms with van der Waals surface area (Å²) in [4.78, 5) is 0.